The summed E-state index contributed by atoms with van der Waals surface area (Å²) in [5.74, 6) is -0.968. The van der Waals surface area contributed by atoms with Gasteiger partial charge in [-0.2, -0.15) is 0 Å². The summed E-state index contributed by atoms with van der Waals surface area (Å²) < 4.78 is 0. The summed E-state index contributed by atoms with van der Waals surface area (Å²) in [7, 11) is 0. The first-order valence-electron chi connectivity index (χ1n) is 6.48. The van der Waals surface area contributed by atoms with Crippen LogP contribution in [0.5, 0.6) is 0 Å². The number of rotatable bonds is 3. The number of amides is 1. The number of aromatic carboxylic acids is 1. The van der Waals surface area contributed by atoms with Gasteiger partial charge in [-0.05, 0) is 23.5 Å². The molecule has 0 aromatic heterocycles. The van der Waals surface area contributed by atoms with E-state index >= 15 is 0 Å². The Morgan fingerprint density at radius 2 is 2.00 bits per heavy atom. The van der Waals surface area contributed by atoms with Crippen molar-refractivity contribution in [3.8, 4) is 0 Å². The zero-order chi connectivity index (χ0) is 14.0. The van der Waals surface area contributed by atoms with Crippen molar-refractivity contribution in [2.75, 3.05) is 13.1 Å². The Labute approximate surface area is 113 Å². The van der Waals surface area contributed by atoms with Crippen LogP contribution in [0.2, 0.25) is 0 Å². The molecule has 0 atom stereocenters. The third-order valence-electron chi connectivity index (χ3n) is 3.62. The zero-order valence-corrected chi connectivity index (χ0v) is 11.3. The van der Waals surface area contributed by atoms with Crippen LogP contribution in [0.1, 0.15) is 36.2 Å². The van der Waals surface area contributed by atoms with Crippen LogP contribution in [-0.2, 0) is 11.2 Å². The van der Waals surface area contributed by atoms with Gasteiger partial charge < -0.3 is 10.0 Å². The van der Waals surface area contributed by atoms with Gasteiger partial charge in [-0.15, -0.1) is 0 Å². The first-order valence-corrected chi connectivity index (χ1v) is 6.48. The lowest BCUT2D eigenvalue weighted by molar-refractivity contribution is -0.129. The molecule has 1 aliphatic rings. The van der Waals surface area contributed by atoms with Crippen molar-refractivity contribution in [2.45, 2.75) is 26.7 Å². The summed E-state index contributed by atoms with van der Waals surface area (Å²) in [6, 6.07) is 6.70. The van der Waals surface area contributed by atoms with Gasteiger partial charge in [0.1, 0.15) is 0 Å². The van der Waals surface area contributed by atoms with E-state index in [0.717, 1.165) is 19.5 Å². The van der Waals surface area contributed by atoms with E-state index in [0.29, 0.717) is 5.56 Å². The van der Waals surface area contributed by atoms with Crippen molar-refractivity contribution >= 4 is 11.9 Å². The quantitative estimate of drug-likeness (QED) is 0.907. The van der Waals surface area contributed by atoms with Crippen LogP contribution in [-0.4, -0.2) is 35.0 Å². The largest absolute Gasteiger partial charge is 0.478 e. The van der Waals surface area contributed by atoms with Crippen molar-refractivity contribution in [1.29, 1.82) is 0 Å². The van der Waals surface area contributed by atoms with E-state index in [4.69, 9.17) is 5.11 Å². The van der Waals surface area contributed by atoms with E-state index in [1.165, 1.54) is 0 Å². The lowest BCUT2D eigenvalue weighted by Gasteiger charge is -2.20. The number of nitrogens with zero attached hydrogens (tertiary/aromatic N) is 1. The third-order valence-corrected chi connectivity index (χ3v) is 3.62. The molecule has 1 N–H and O–H groups in total. The Kier molecular flexibility index (Phi) is 3.60. The maximum absolute atomic E-state index is 12.2. The molecule has 0 saturated carbocycles. The molecule has 0 radical (unpaired) electrons. The molecule has 1 amide bonds. The fourth-order valence-electron chi connectivity index (χ4n) is 2.48. The summed E-state index contributed by atoms with van der Waals surface area (Å²) in [4.78, 5) is 25.1. The standard InChI is InChI=1S/C15H19NO3/c1-15(2)7-8-16(10-15)13(17)9-11-5-3-4-6-12(11)14(18)19/h3-6H,7-10H2,1-2H3,(H,18,19). The van der Waals surface area contributed by atoms with Gasteiger partial charge in [0.15, 0.2) is 0 Å². The zero-order valence-electron chi connectivity index (χ0n) is 11.3. The molecule has 0 aliphatic carbocycles. The average molecular weight is 261 g/mol. The van der Waals surface area contributed by atoms with Gasteiger partial charge in [0.05, 0.1) is 12.0 Å². The van der Waals surface area contributed by atoms with Crippen LogP contribution in [0.3, 0.4) is 0 Å². The maximum atomic E-state index is 12.2. The summed E-state index contributed by atoms with van der Waals surface area (Å²) in [5.41, 5.74) is 0.973. The van der Waals surface area contributed by atoms with E-state index in [-0.39, 0.29) is 23.3 Å². The molecule has 1 aromatic rings. The summed E-state index contributed by atoms with van der Waals surface area (Å²) in [6.07, 6.45) is 1.16. The van der Waals surface area contributed by atoms with Crippen LogP contribution in [0, 0.1) is 5.41 Å². The molecular weight excluding hydrogens is 242 g/mol. The SMILES string of the molecule is CC1(C)CCN(C(=O)Cc2ccccc2C(=O)O)C1. The van der Waals surface area contributed by atoms with E-state index in [9.17, 15) is 9.59 Å². The molecule has 1 aliphatic heterocycles. The van der Waals surface area contributed by atoms with Crippen LogP contribution >= 0.6 is 0 Å². The molecule has 19 heavy (non-hydrogen) atoms. The number of likely N-dealkylation sites (tertiary alicyclic amines) is 1. The Morgan fingerprint density at radius 3 is 2.58 bits per heavy atom. The number of carboxylic acid groups (broad SMARTS) is 1. The van der Waals surface area contributed by atoms with Gasteiger partial charge in [0.2, 0.25) is 5.91 Å². The van der Waals surface area contributed by atoms with Gasteiger partial charge in [-0.3, -0.25) is 4.79 Å². The second-order valence-electron chi connectivity index (χ2n) is 5.87. The van der Waals surface area contributed by atoms with Crippen molar-refractivity contribution in [1.82, 2.24) is 4.90 Å². The number of carbonyl (C=O) groups is 2. The molecule has 0 unspecified atom stereocenters. The molecule has 0 spiro atoms. The van der Waals surface area contributed by atoms with Crippen LogP contribution in [0.15, 0.2) is 24.3 Å². The van der Waals surface area contributed by atoms with Gasteiger partial charge in [-0.1, -0.05) is 32.0 Å². The highest BCUT2D eigenvalue weighted by Crippen LogP contribution is 2.29. The molecule has 0 bridgehead atoms. The number of benzene rings is 1. The highest BCUT2D eigenvalue weighted by Gasteiger charge is 2.32. The highest BCUT2D eigenvalue weighted by molar-refractivity contribution is 5.91. The van der Waals surface area contributed by atoms with Crippen molar-refractivity contribution in [2.24, 2.45) is 5.41 Å². The minimum Gasteiger partial charge on any atom is -0.478 e. The Balaban J connectivity index is 2.10. The number of carbonyl (C=O) groups excluding carboxylic acids is 1. The average Bonchev–Trinajstić information content (AvgIpc) is 2.70. The second kappa shape index (κ2) is 5.03. The summed E-state index contributed by atoms with van der Waals surface area (Å²) in [6.45, 7) is 5.80. The molecule has 102 valence electrons. The minimum atomic E-state index is -0.981. The molecule has 4 heteroatoms. The Morgan fingerprint density at radius 1 is 1.32 bits per heavy atom. The normalized spacial score (nSPS) is 17.5. The van der Waals surface area contributed by atoms with Gasteiger partial charge >= 0.3 is 5.97 Å². The maximum Gasteiger partial charge on any atom is 0.335 e. The summed E-state index contributed by atoms with van der Waals surface area (Å²) >= 11 is 0. The van der Waals surface area contributed by atoms with Crippen LogP contribution < -0.4 is 0 Å². The van der Waals surface area contributed by atoms with E-state index in [1.54, 1.807) is 24.3 Å². The topological polar surface area (TPSA) is 57.6 Å². The van der Waals surface area contributed by atoms with E-state index < -0.39 is 5.97 Å². The smallest absolute Gasteiger partial charge is 0.335 e. The monoisotopic (exact) mass is 261 g/mol. The highest BCUT2D eigenvalue weighted by atomic mass is 16.4. The van der Waals surface area contributed by atoms with Crippen molar-refractivity contribution in [3.63, 3.8) is 0 Å². The molecular formula is C15H19NO3. The lowest BCUT2D eigenvalue weighted by atomic mass is 9.93. The first-order chi connectivity index (χ1) is 8.89. The molecule has 1 aromatic carbocycles. The van der Waals surface area contributed by atoms with Crippen molar-refractivity contribution in [3.05, 3.63) is 35.4 Å². The minimum absolute atomic E-state index is 0.0132. The van der Waals surface area contributed by atoms with Crippen LogP contribution in [0.4, 0.5) is 0 Å². The van der Waals surface area contributed by atoms with Crippen LogP contribution in [0.25, 0.3) is 0 Å². The lowest BCUT2D eigenvalue weighted by Crippen LogP contribution is -2.31. The van der Waals surface area contributed by atoms with E-state index in [2.05, 4.69) is 13.8 Å². The second-order valence-corrected chi connectivity index (χ2v) is 5.87. The van der Waals surface area contributed by atoms with Gasteiger partial charge in [-0.25, -0.2) is 4.79 Å². The van der Waals surface area contributed by atoms with Gasteiger partial charge in [0.25, 0.3) is 0 Å². The fourth-order valence-corrected chi connectivity index (χ4v) is 2.48. The molecule has 1 saturated heterocycles. The predicted molar refractivity (Wildman–Crippen MR) is 72.1 cm³/mol. The third kappa shape index (κ3) is 3.13. The molecule has 2 rings (SSSR count). The summed E-state index contributed by atoms with van der Waals surface area (Å²) in [5, 5.41) is 9.10. The fraction of sp³-hybridized carbons (Fsp3) is 0.467. The Hall–Kier alpha value is -1.84. The predicted octanol–water partition coefficient (Wildman–Crippen LogP) is 2.19. The molecule has 1 heterocycles. The Bertz CT molecular complexity index is 508. The molecule has 1 fully saturated rings. The number of hydrogen-bond acceptors (Lipinski definition) is 2. The first kappa shape index (κ1) is 13.6. The molecule has 4 nitrogen and oxygen atoms in total. The van der Waals surface area contributed by atoms with Crippen molar-refractivity contribution < 1.29 is 14.7 Å². The van der Waals surface area contributed by atoms with Gasteiger partial charge in [0, 0.05) is 13.1 Å². The number of carboxylic acids is 1. The van der Waals surface area contributed by atoms with E-state index in [1.807, 2.05) is 4.90 Å². The number of hydrogen-bond donors (Lipinski definition) is 1.